The van der Waals surface area contributed by atoms with Crippen LogP contribution in [0.5, 0.6) is 11.5 Å². The lowest BCUT2D eigenvalue weighted by Gasteiger charge is -2.14. The molecule has 3 aromatic carbocycles. The Morgan fingerprint density at radius 1 is 1.07 bits per heavy atom. The highest BCUT2D eigenvalue weighted by atomic mass is 16.5. The van der Waals surface area contributed by atoms with E-state index in [1.54, 1.807) is 13.1 Å². The first-order valence-corrected chi connectivity index (χ1v) is 9.87. The molecule has 1 atom stereocenters. The van der Waals surface area contributed by atoms with Crippen molar-refractivity contribution in [3.63, 3.8) is 0 Å². The topological polar surface area (TPSA) is 59.9 Å². The number of amides is 1. The minimum atomic E-state index is -0.674. The number of benzene rings is 3. The monoisotopic (exact) mass is 390 g/mol. The van der Waals surface area contributed by atoms with Crippen molar-refractivity contribution in [2.45, 2.75) is 32.8 Å². The molecule has 3 aromatic rings. The van der Waals surface area contributed by atoms with Gasteiger partial charge in [0, 0.05) is 5.39 Å². The standard InChI is InChI=1S/C24H26N2O3/c1-3-4-16-28-21-14-12-19(13-15-21)17-25-26-24(27)18(2)29-23-11-7-9-20-8-5-6-10-22(20)23/h5-15,17-18H,3-4,16H2,1-2H3,(H,26,27)/b25-17-/t18-/m0/s1. The molecule has 0 aliphatic rings. The molecule has 5 heteroatoms. The molecule has 0 fully saturated rings. The number of rotatable bonds is 9. The Morgan fingerprint density at radius 3 is 2.62 bits per heavy atom. The fourth-order valence-electron chi connectivity index (χ4n) is 2.79. The van der Waals surface area contributed by atoms with Crippen molar-refractivity contribution in [3.05, 3.63) is 72.3 Å². The van der Waals surface area contributed by atoms with Gasteiger partial charge in [0.15, 0.2) is 6.10 Å². The molecule has 0 aliphatic heterocycles. The first-order chi connectivity index (χ1) is 14.2. The Bertz CT molecular complexity index is 962. The lowest BCUT2D eigenvalue weighted by molar-refractivity contribution is -0.127. The van der Waals surface area contributed by atoms with E-state index in [0.717, 1.165) is 34.9 Å². The number of hydrazone groups is 1. The molecule has 5 nitrogen and oxygen atoms in total. The number of nitrogens with zero attached hydrogens (tertiary/aromatic N) is 1. The van der Waals surface area contributed by atoms with Crippen LogP contribution in [0.15, 0.2) is 71.8 Å². The minimum Gasteiger partial charge on any atom is -0.494 e. The van der Waals surface area contributed by atoms with Crippen LogP contribution >= 0.6 is 0 Å². The highest BCUT2D eigenvalue weighted by Gasteiger charge is 2.15. The molecular formula is C24H26N2O3. The van der Waals surface area contributed by atoms with E-state index < -0.39 is 6.10 Å². The largest absolute Gasteiger partial charge is 0.494 e. The van der Waals surface area contributed by atoms with Crippen molar-refractivity contribution in [3.8, 4) is 11.5 Å². The van der Waals surface area contributed by atoms with Crippen molar-refractivity contribution in [2.24, 2.45) is 5.10 Å². The maximum atomic E-state index is 12.3. The molecule has 0 saturated carbocycles. The predicted molar refractivity (Wildman–Crippen MR) is 117 cm³/mol. The van der Waals surface area contributed by atoms with Gasteiger partial charge in [0.05, 0.1) is 12.8 Å². The third-order valence-corrected chi connectivity index (χ3v) is 4.46. The second-order valence-electron chi connectivity index (χ2n) is 6.74. The van der Waals surface area contributed by atoms with E-state index in [1.807, 2.05) is 66.7 Å². The lowest BCUT2D eigenvalue weighted by atomic mass is 10.1. The summed E-state index contributed by atoms with van der Waals surface area (Å²) >= 11 is 0. The van der Waals surface area contributed by atoms with Gasteiger partial charge in [-0.3, -0.25) is 4.79 Å². The summed E-state index contributed by atoms with van der Waals surface area (Å²) in [5, 5.41) is 6.07. The van der Waals surface area contributed by atoms with Gasteiger partial charge in [-0.25, -0.2) is 5.43 Å². The summed E-state index contributed by atoms with van der Waals surface area (Å²) in [5.41, 5.74) is 3.40. The molecular weight excluding hydrogens is 364 g/mol. The molecule has 0 bridgehead atoms. The van der Waals surface area contributed by atoms with Gasteiger partial charge in [-0.15, -0.1) is 0 Å². The predicted octanol–water partition coefficient (Wildman–Crippen LogP) is 4.94. The molecule has 0 aromatic heterocycles. The number of hydrogen-bond acceptors (Lipinski definition) is 4. The van der Waals surface area contributed by atoms with Gasteiger partial charge in [-0.2, -0.15) is 5.10 Å². The highest BCUT2D eigenvalue weighted by Crippen LogP contribution is 2.26. The van der Waals surface area contributed by atoms with Crippen LogP contribution in [0.25, 0.3) is 10.8 Å². The van der Waals surface area contributed by atoms with Gasteiger partial charge in [0.25, 0.3) is 5.91 Å². The van der Waals surface area contributed by atoms with E-state index >= 15 is 0 Å². The zero-order valence-corrected chi connectivity index (χ0v) is 16.8. The van der Waals surface area contributed by atoms with Crippen molar-refractivity contribution in [1.29, 1.82) is 0 Å². The second kappa shape index (κ2) is 10.3. The van der Waals surface area contributed by atoms with E-state index in [2.05, 4.69) is 17.5 Å². The fourth-order valence-corrected chi connectivity index (χ4v) is 2.79. The van der Waals surface area contributed by atoms with Gasteiger partial charge in [-0.05, 0) is 54.6 Å². The highest BCUT2D eigenvalue weighted by molar-refractivity contribution is 5.89. The molecule has 29 heavy (non-hydrogen) atoms. The van der Waals surface area contributed by atoms with Crippen LogP contribution in [-0.4, -0.2) is 24.8 Å². The lowest BCUT2D eigenvalue weighted by Crippen LogP contribution is -2.33. The minimum absolute atomic E-state index is 0.311. The Kier molecular flexibility index (Phi) is 7.22. The fraction of sp³-hybridized carbons (Fsp3) is 0.250. The third kappa shape index (κ3) is 5.82. The van der Waals surface area contributed by atoms with Crippen LogP contribution in [0.3, 0.4) is 0 Å². The van der Waals surface area contributed by atoms with E-state index in [0.29, 0.717) is 12.4 Å². The van der Waals surface area contributed by atoms with E-state index in [1.165, 1.54) is 0 Å². The summed E-state index contributed by atoms with van der Waals surface area (Å²) in [5.74, 6) is 1.19. The first kappa shape index (κ1) is 20.4. The summed E-state index contributed by atoms with van der Waals surface area (Å²) < 4.78 is 11.5. The maximum absolute atomic E-state index is 12.3. The van der Waals surface area contributed by atoms with Gasteiger partial charge in [0.2, 0.25) is 0 Å². The molecule has 1 amide bonds. The maximum Gasteiger partial charge on any atom is 0.280 e. The molecule has 0 unspecified atom stereocenters. The molecule has 150 valence electrons. The molecule has 0 radical (unpaired) electrons. The summed E-state index contributed by atoms with van der Waals surface area (Å²) in [4.78, 5) is 12.3. The van der Waals surface area contributed by atoms with Gasteiger partial charge < -0.3 is 9.47 Å². The van der Waals surface area contributed by atoms with Crippen molar-refractivity contribution >= 4 is 22.9 Å². The zero-order valence-electron chi connectivity index (χ0n) is 16.8. The SMILES string of the molecule is CCCCOc1ccc(/C=N\NC(=O)[C@H](C)Oc2cccc3ccccc23)cc1. The number of carbonyl (C=O) groups excluding carboxylic acids is 1. The zero-order chi connectivity index (χ0) is 20.5. The Hall–Kier alpha value is -3.34. The van der Waals surface area contributed by atoms with Crippen LogP contribution < -0.4 is 14.9 Å². The van der Waals surface area contributed by atoms with E-state index in [9.17, 15) is 4.79 Å². The number of unbranched alkanes of at least 4 members (excludes halogenated alkanes) is 1. The van der Waals surface area contributed by atoms with Crippen LogP contribution in [0.4, 0.5) is 0 Å². The van der Waals surface area contributed by atoms with Gasteiger partial charge in [-0.1, -0.05) is 49.7 Å². The smallest absolute Gasteiger partial charge is 0.280 e. The summed E-state index contributed by atoms with van der Waals surface area (Å²) in [6.45, 7) is 4.55. The molecule has 1 N–H and O–H groups in total. The Labute approximate surface area is 171 Å². The number of hydrogen-bond donors (Lipinski definition) is 1. The van der Waals surface area contributed by atoms with E-state index in [4.69, 9.17) is 9.47 Å². The first-order valence-electron chi connectivity index (χ1n) is 9.87. The van der Waals surface area contributed by atoms with E-state index in [-0.39, 0.29) is 5.91 Å². The molecule has 0 aliphatic carbocycles. The number of carbonyl (C=O) groups is 1. The van der Waals surface area contributed by atoms with Crippen LogP contribution in [0.2, 0.25) is 0 Å². The summed E-state index contributed by atoms with van der Waals surface area (Å²) in [7, 11) is 0. The van der Waals surface area contributed by atoms with Crippen molar-refractivity contribution in [1.82, 2.24) is 5.43 Å². The molecule has 3 rings (SSSR count). The molecule has 0 spiro atoms. The van der Waals surface area contributed by atoms with Gasteiger partial charge >= 0.3 is 0 Å². The average molecular weight is 390 g/mol. The van der Waals surface area contributed by atoms with Crippen LogP contribution in [0, 0.1) is 0 Å². The van der Waals surface area contributed by atoms with Crippen LogP contribution in [0.1, 0.15) is 32.3 Å². The van der Waals surface area contributed by atoms with Crippen molar-refractivity contribution in [2.75, 3.05) is 6.61 Å². The Morgan fingerprint density at radius 2 is 1.83 bits per heavy atom. The summed E-state index contributed by atoms with van der Waals surface area (Å²) in [6.07, 6.45) is 3.06. The molecule has 0 heterocycles. The van der Waals surface area contributed by atoms with Crippen molar-refractivity contribution < 1.29 is 14.3 Å². The third-order valence-electron chi connectivity index (χ3n) is 4.46. The number of ether oxygens (including phenoxy) is 2. The average Bonchev–Trinajstić information content (AvgIpc) is 2.75. The quantitative estimate of drug-likeness (QED) is 0.320. The Balaban J connectivity index is 1.53. The van der Waals surface area contributed by atoms with Gasteiger partial charge in [0.1, 0.15) is 11.5 Å². The number of fused-ring (bicyclic) bond motifs is 1. The van der Waals surface area contributed by atoms with Crippen LogP contribution in [-0.2, 0) is 4.79 Å². The summed E-state index contributed by atoms with van der Waals surface area (Å²) in [6, 6.07) is 21.3. The normalized spacial score (nSPS) is 12.1. The molecule has 0 saturated heterocycles. The second-order valence-corrected chi connectivity index (χ2v) is 6.74. The number of nitrogens with one attached hydrogen (secondary N) is 1.